The Morgan fingerprint density at radius 2 is 1.81 bits per heavy atom. The summed E-state index contributed by atoms with van der Waals surface area (Å²) in [6, 6.07) is 19.8. The molecule has 138 valence electrons. The monoisotopic (exact) mass is 362 g/mol. The number of fused-ring (bicyclic) bond motifs is 2. The van der Waals surface area contributed by atoms with Crippen LogP contribution in [-0.2, 0) is 11.3 Å². The minimum Gasteiger partial charge on any atom is -0.454 e. The van der Waals surface area contributed by atoms with Gasteiger partial charge in [-0.05, 0) is 48.5 Å². The van der Waals surface area contributed by atoms with Crippen LogP contribution in [0.5, 0.6) is 11.5 Å². The van der Waals surface area contributed by atoms with Crippen LogP contribution in [-0.4, -0.2) is 30.7 Å². The molecule has 5 nitrogen and oxygen atoms in total. The largest absolute Gasteiger partial charge is 0.454 e. The van der Waals surface area contributed by atoms with Crippen molar-refractivity contribution < 1.29 is 14.3 Å². The average Bonchev–Trinajstić information content (AvgIpc) is 3.15. The Morgan fingerprint density at radius 1 is 1.04 bits per heavy atom. The molecule has 3 aromatic carbocycles. The number of carbonyl (C=O) groups is 1. The number of nitrogens with one attached hydrogen (secondary N) is 1. The van der Waals surface area contributed by atoms with Gasteiger partial charge in [-0.25, -0.2) is 0 Å². The summed E-state index contributed by atoms with van der Waals surface area (Å²) in [5.41, 5.74) is 1.88. The summed E-state index contributed by atoms with van der Waals surface area (Å²) >= 11 is 0. The van der Waals surface area contributed by atoms with E-state index in [0.717, 1.165) is 0 Å². The smallest absolute Gasteiger partial charge is 0.241 e. The summed E-state index contributed by atoms with van der Waals surface area (Å²) in [5.74, 6) is 1.30. The molecule has 0 spiro atoms. The summed E-state index contributed by atoms with van der Waals surface area (Å²) in [6.07, 6.45) is 0. The van der Waals surface area contributed by atoms with Crippen molar-refractivity contribution in [2.24, 2.45) is 0 Å². The molecule has 1 heterocycles. The first-order chi connectivity index (χ1) is 13.1. The maximum atomic E-state index is 12.6. The zero-order chi connectivity index (χ0) is 18.8. The van der Waals surface area contributed by atoms with E-state index in [9.17, 15) is 4.79 Å². The summed E-state index contributed by atoms with van der Waals surface area (Å²) in [6.45, 7) is 2.82. The van der Waals surface area contributed by atoms with Gasteiger partial charge in [0.05, 0.1) is 6.04 Å². The van der Waals surface area contributed by atoms with Crippen molar-refractivity contribution in [1.29, 1.82) is 0 Å². The first-order valence-corrected chi connectivity index (χ1v) is 8.98. The number of likely N-dealkylation sites (N-methyl/N-ethyl adjacent to an activating group) is 1. The predicted molar refractivity (Wildman–Crippen MR) is 106 cm³/mol. The lowest BCUT2D eigenvalue weighted by Gasteiger charge is -2.24. The van der Waals surface area contributed by atoms with Gasteiger partial charge in [-0.3, -0.25) is 9.69 Å². The van der Waals surface area contributed by atoms with E-state index in [2.05, 4.69) is 35.6 Å². The maximum Gasteiger partial charge on any atom is 0.241 e. The van der Waals surface area contributed by atoms with Crippen LogP contribution in [0.15, 0.2) is 60.7 Å². The molecule has 0 radical (unpaired) electrons. The number of amides is 1. The van der Waals surface area contributed by atoms with E-state index >= 15 is 0 Å². The van der Waals surface area contributed by atoms with Gasteiger partial charge in [0.1, 0.15) is 0 Å². The molecular weight excluding hydrogens is 340 g/mol. The highest BCUT2D eigenvalue weighted by Gasteiger charge is 2.20. The van der Waals surface area contributed by atoms with Gasteiger partial charge in [0.25, 0.3) is 0 Å². The van der Waals surface area contributed by atoms with E-state index in [1.807, 2.05) is 37.1 Å². The molecule has 0 fully saturated rings. The number of benzene rings is 3. The lowest BCUT2D eigenvalue weighted by atomic mass is 10.1. The summed E-state index contributed by atoms with van der Waals surface area (Å²) in [7, 11) is 1.96. The van der Waals surface area contributed by atoms with Crippen molar-refractivity contribution in [3.63, 3.8) is 0 Å². The van der Waals surface area contributed by atoms with E-state index in [-0.39, 0.29) is 18.7 Å². The normalized spacial score (nSPS) is 13.7. The van der Waals surface area contributed by atoms with Crippen molar-refractivity contribution in [3.05, 3.63) is 66.2 Å². The number of hydrogen-bond donors (Lipinski definition) is 1. The van der Waals surface area contributed by atoms with Crippen molar-refractivity contribution >= 4 is 22.4 Å². The van der Waals surface area contributed by atoms with E-state index in [0.29, 0.717) is 23.7 Å². The van der Waals surface area contributed by atoms with Crippen LogP contribution in [0.3, 0.4) is 0 Å². The molecule has 0 aromatic heterocycles. The third-order valence-electron chi connectivity index (χ3n) is 4.93. The van der Waals surface area contributed by atoms with Gasteiger partial charge in [0.2, 0.25) is 12.7 Å². The van der Waals surface area contributed by atoms with Crippen LogP contribution in [0.25, 0.3) is 10.8 Å². The molecule has 27 heavy (non-hydrogen) atoms. The van der Waals surface area contributed by atoms with E-state index < -0.39 is 0 Å². The SMILES string of the molecule is C[C@H](C(=O)Nc1ccc2c(c1)OCO2)N(C)Cc1ccc2ccccc2c1. The molecule has 0 unspecified atom stereocenters. The second-order valence-electron chi connectivity index (χ2n) is 6.83. The fourth-order valence-corrected chi connectivity index (χ4v) is 3.18. The second kappa shape index (κ2) is 7.29. The molecule has 1 atom stereocenters. The predicted octanol–water partition coefficient (Wildman–Crippen LogP) is 4.03. The maximum absolute atomic E-state index is 12.6. The number of hydrogen-bond acceptors (Lipinski definition) is 4. The van der Waals surface area contributed by atoms with Gasteiger partial charge in [0, 0.05) is 18.3 Å². The van der Waals surface area contributed by atoms with Gasteiger partial charge in [-0.15, -0.1) is 0 Å². The van der Waals surface area contributed by atoms with Crippen molar-refractivity contribution in [3.8, 4) is 11.5 Å². The van der Waals surface area contributed by atoms with E-state index in [1.54, 1.807) is 12.1 Å². The quantitative estimate of drug-likeness (QED) is 0.745. The van der Waals surface area contributed by atoms with Gasteiger partial charge in [-0.1, -0.05) is 36.4 Å². The zero-order valence-electron chi connectivity index (χ0n) is 15.4. The molecule has 1 aliphatic rings. The average molecular weight is 362 g/mol. The Kier molecular flexibility index (Phi) is 4.69. The highest BCUT2D eigenvalue weighted by atomic mass is 16.7. The highest BCUT2D eigenvalue weighted by molar-refractivity contribution is 5.94. The molecule has 1 aliphatic heterocycles. The molecular formula is C22H22N2O3. The second-order valence-corrected chi connectivity index (χ2v) is 6.83. The molecule has 5 heteroatoms. The minimum absolute atomic E-state index is 0.0582. The third kappa shape index (κ3) is 3.73. The fraction of sp³-hybridized carbons (Fsp3) is 0.227. The first-order valence-electron chi connectivity index (χ1n) is 8.98. The minimum atomic E-state index is -0.276. The lowest BCUT2D eigenvalue weighted by molar-refractivity contribution is -0.120. The highest BCUT2D eigenvalue weighted by Crippen LogP contribution is 2.34. The molecule has 4 rings (SSSR count). The third-order valence-corrected chi connectivity index (χ3v) is 4.93. The van der Waals surface area contributed by atoms with Crippen LogP contribution in [0.1, 0.15) is 12.5 Å². The summed E-state index contributed by atoms with van der Waals surface area (Å²) in [5, 5.41) is 5.38. The molecule has 0 bridgehead atoms. The van der Waals surface area contributed by atoms with Gasteiger partial charge >= 0.3 is 0 Å². The van der Waals surface area contributed by atoms with Crippen molar-refractivity contribution in [2.75, 3.05) is 19.2 Å². The summed E-state index contributed by atoms with van der Waals surface area (Å²) < 4.78 is 10.7. The van der Waals surface area contributed by atoms with Gasteiger partial charge in [-0.2, -0.15) is 0 Å². The molecule has 0 aliphatic carbocycles. The molecule has 3 aromatic rings. The standard InChI is InChI=1S/C22H22N2O3/c1-15(22(25)23-19-9-10-20-21(12-19)27-14-26-20)24(2)13-16-7-8-17-5-3-4-6-18(17)11-16/h3-12,15H,13-14H2,1-2H3,(H,23,25)/t15-/m1/s1. The molecule has 0 saturated heterocycles. The Labute approximate surface area is 158 Å². The van der Waals surface area contributed by atoms with Crippen molar-refractivity contribution in [2.45, 2.75) is 19.5 Å². The van der Waals surface area contributed by atoms with Crippen LogP contribution in [0.2, 0.25) is 0 Å². The van der Waals surface area contributed by atoms with Crippen molar-refractivity contribution in [1.82, 2.24) is 4.90 Å². The number of ether oxygens (including phenoxy) is 2. The number of rotatable bonds is 5. The van der Waals surface area contributed by atoms with Crippen LogP contribution >= 0.6 is 0 Å². The Hall–Kier alpha value is -3.05. The Bertz CT molecular complexity index is 986. The lowest BCUT2D eigenvalue weighted by Crippen LogP contribution is -2.39. The number of anilines is 1. The first kappa shape index (κ1) is 17.4. The van der Waals surface area contributed by atoms with Gasteiger partial charge in [0.15, 0.2) is 11.5 Å². The molecule has 1 N–H and O–H groups in total. The number of nitrogens with zero attached hydrogens (tertiary/aromatic N) is 1. The topological polar surface area (TPSA) is 50.8 Å². The van der Waals surface area contributed by atoms with E-state index in [1.165, 1.54) is 16.3 Å². The molecule has 1 amide bonds. The van der Waals surface area contributed by atoms with Gasteiger partial charge < -0.3 is 14.8 Å². The van der Waals surface area contributed by atoms with E-state index in [4.69, 9.17) is 9.47 Å². The van der Waals surface area contributed by atoms with Crippen LogP contribution < -0.4 is 14.8 Å². The Balaban J connectivity index is 1.41. The van der Waals surface area contributed by atoms with Crippen LogP contribution in [0, 0.1) is 0 Å². The number of carbonyl (C=O) groups excluding carboxylic acids is 1. The molecule has 0 saturated carbocycles. The fourth-order valence-electron chi connectivity index (χ4n) is 3.18. The zero-order valence-corrected chi connectivity index (χ0v) is 15.4. The van der Waals surface area contributed by atoms with Crippen LogP contribution in [0.4, 0.5) is 5.69 Å². The summed E-state index contributed by atoms with van der Waals surface area (Å²) in [4.78, 5) is 14.7. The Morgan fingerprint density at radius 3 is 2.67 bits per heavy atom.